The summed E-state index contributed by atoms with van der Waals surface area (Å²) in [5.74, 6) is 1.84. The lowest BCUT2D eigenvalue weighted by atomic mass is 10.2. The molecular weight excluding hydrogens is 220 g/mol. The van der Waals surface area contributed by atoms with Crippen LogP contribution >= 0.6 is 0 Å². The third kappa shape index (κ3) is 2.06. The smallest absolute Gasteiger partial charge is 0.146 e. The molecule has 0 bridgehead atoms. The Kier molecular flexibility index (Phi) is 2.60. The fourth-order valence-electron chi connectivity index (χ4n) is 2.01. The molecule has 0 atom stereocenters. The molecule has 0 unspecified atom stereocenters. The van der Waals surface area contributed by atoms with Gasteiger partial charge >= 0.3 is 0 Å². The summed E-state index contributed by atoms with van der Waals surface area (Å²) in [5, 5.41) is 9.43. The zero-order valence-electron chi connectivity index (χ0n) is 9.43. The summed E-state index contributed by atoms with van der Waals surface area (Å²) in [4.78, 5) is 6.70. The normalized spacial score (nSPS) is 19.3. The van der Waals surface area contributed by atoms with Crippen molar-refractivity contribution < 1.29 is 14.6 Å². The highest BCUT2D eigenvalue weighted by Crippen LogP contribution is 2.34. The second-order valence-electron chi connectivity index (χ2n) is 4.07. The number of rotatable bonds is 0. The summed E-state index contributed by atoms with van der Waals surface area (Å²) < 4.78 is 10.9. The van der Waals surface area contributed by atoms with Crippen LogP contribution in [0.5, 0.6) is 11.5 Å². The van der Waals surface area contributed by atoms with E-state index in [-0.39, 0.29) is 5.75 Å². The van der Waals surface area contributed by atoms with Gasteiger partial charge in [-0.1, -0.05) is 0 Å². The molecule has 17 heavy (non-hydrogen) atoms. The zero-order chi connectivity index (χ0) is 11.7. The zero-order valence-corrected chi connectivity index (χ0v) is 9.43. The summed E-state index contributed by atoms with van der Waals surface area (Å²) in [5.41, 5.74) is 0.692. The first-order valence-corrected chi connectivity index (χ1v) is 5.69. The minimum absolute atomic E-state index is 0.208. The van der Waals surface area contributed by atoms with Crippen LogP contribution < -0.4 is 4.74 Å². The molecule has 0 amide bonds. The number of hydrogen-bond acceptors (Lipinski definition) is 5. The van der Waals surface area contributed by atoms with Crippen LogP contribution in [0, 0.1) is 0 Å². The number of aliphatic imine (C=N–C) groups is 1. The molecule has 5 nitrogen and oxygen atoms in total. The summed E-state index contributed by atoms with van der Waals surface area (Å²) in [6.07, 6.45) is 0. The van der Waals surface area contributed by atoms with Gasteiger partial charge in [0, 0.05) is 19.2 Å². The maximum Gasteiger partial charge on any atom is 0.146 e. The molecule has 0 spiro atoms. The molecule has 0 aliphatic carbocycles. The highest BCUT2D eigenvalue weighted by atomic mass is 16.5. The Bertz CT molecular complexity index is 453. The highest BCUT2D eigenvalue weighted by Gasteiger charge is 2.20. The Labute approximate surface area is 99.3 Å². The van der Waals surface area contributed by atoms with Crippen LogP contribution in [0.3, 0.4) is 0 Å². The first-order valence-electron chi connectivity index (χ1n) is 5.69. The van der Waals surface area contributed by atoms with E-state index in [9.17, 15) is 5.11 Å². The second kappa shape index (κ2) is 4.25. The number of morpholine rings is 1. The predicted octanol–water partition coefficient (Wildman–Crippen LogP) is 1.15. The number of ether oxygens (including phenoxy) is 2. The van der Waals surface area contributed by atoms with Gasteiger partial charge in [0.05, 0.1) is 13.2 Å². The summed E-state index contributed by atoms with van der Waals surface area (Å²) in [6.45, 7) is 3.63. The van der Waals surface area contributed by atoms with Gasteiger partial charge in [0.2, 0.25) is 0 Å². The molecule has 1 N–H and O–H groups in total. The maximum absolute atomic E-state index is 9.43. The minimum atomic E-state index is 0.208. The van der Waals surface area contributed by atoms with Gasteiger partial charge in [-0.2, -0.15) is 0 Å². The van der Waals surface area contributed by atoms with Gasteiger partial charge in [0.15, 0.2) is 0 Å². The van der Waals surface area contributed by atoms with E-state index in [1.807, 2.05) is 0 Å². The topological polar surface area (TPSA) is 54.3 Å². The average molecular weight is 234 g/mol. The lowest BCUT2D eigenvalue weighted by Gasteiger charge is -2.31. The molecule has 90 valence electrons. The summed E-state index contributed by atoms with van der Waals surface area (Å²) >= 11 is 0. The van der Waals surface area contributed by atoms with E-state index in [1.165, 1.54) is 0 Å². The van der Waals surface area contributed by atoms with Crippen LogP contribution in [-0.4, -0.2) is 48.8 Å². The Morgan fingerprint density at radius 3 is 2.88 bits per heavy atom. The van der Waals surface area contributed by atoms with Gasteiger partial charge in [-0.05, 0) is 12.1 Å². The van der Waals surface area contributed by atoms with Crippen molar-refractivity contribution in [2.24, 2.45) is 4.99 Å². The van der Waals surface area contributed by atoms with Crippen LogP contribution in [0.4, 0.5) is 5.69 Å². The lowest BCUT2D eigenvalue weighted by Crippen LogP contribution is -2.43. The van der Waals surface area contributed by atoms with E-state index in [0.29, 0.717) is 12.3 Å². The van der Waals surface area contributed by atoms with Gasteiger partial charge in [-0.15, -0.1) is 0 Å². The van der Waals surface area contributed by atoms with Crippen molar-refractivity contribution in [3.63, 3.8) is 0 Å². The van der Waals surface area contributed by atoms with Crippen molar-refractivity contribution in [1.82, 2.24) is 4.90 Å². The number of benzene rings is 1. The molecule has 2 aliphatic heterocycles. The van der Waals surface area contributed by atoms with Gasteiger partial charge in [-0.25, -0.2) is 4.99 Å². The van der Waals surface area contributed by atoms with Gasteiger partial charge in [0.25, 0.3) is 0 Å². The molecule has 0 radical (unpaired) electrons. The van der Waals surface area contributed by atoms with Gasteiger partial charge in [-0.3, -0.25) is 0 Å². The van der Waals surface area contributed by atoms with E-state index >= 15 is 0 Å². The molecular formula is C12H14N2O3. The first kappa shape index (κ1) is 10.4. The quantitative estimate of drug-likeness (QED) is 0.731. The van der Waals surface area contributed by atoms with E-state index in [4.69, 9.17) is 9.47 Å². The third-order valence-corrected chi connectivity index (χ3v) is 2.92. The number of phenolic OH excluding ortho intramolecular Hbond substituents is 1. The Hall–Kier alpha value is -1.75. The Morgan fingerprint density at radius 1 is 1.24 bits per heavy atom. The van der Waals surface area contributed by atoms with Crippen LogP contribution in [0.2, 0.25) is 0 Å². The van der Waals surface area contributed by atoms with Crippen molar-refractivity contribution in [2.75, 3.05) is 32.9 Å². The fraction of sp³-hybridized carbons (Fsp3) is 0.417. The third-order valence-electron chi connectivity index (χ3n) is 2.92. The standard InChI is InChI=1S/C12H14N2O3/c15-9-1-2-11-10(7-9)13-12(8-17-11)14-3-5-16-6-4-14/h1-2,7,15H,3-6,8H2. The van der Waals surface area contributed by atoms with Crippen molar-refractivity contribution in [1.29, 1.82) is 0 Å². The SMILES string of the molecule is Oc1ccc2c(c1)N=C(N1CCOCC1)CO2. The van der Waals surface area contributed by atoms with Crippen molar-refractivity contribution in [3.8, 4) is 11.5 Å². The number of phenols is 1. The molecule has 1 aromatic rings. The molecule has 1 aromatic carbocycles. The van der Waals surface area contributed by atoms with E-state index in [2.05, 4.69) is 9.89 Å². The fourth-order valence-corrected chi connectivity index (χ4v) is 2.01. The van der Waals surface area contributed by atoms with Crippen molar-refractivity contribution in [2.45, 2.75) is 0 Å². The summed E-state index contributed by atoms with van der Waals surface area (Å²) in [7, 11) is 0. The molecule has 5 heteroatoms. The predicted molar refractivity (Wildman–Crippen MR) is 63.1 cm³/mol. The lowest BCUT2D eigenvalue weighted by molar-refractivity contribution is 0.0658. The molecule has 3 rings (SSSR count). The first-order chi connectivity index (χ1) is 8.33. The number of nitrogens with zero attached hydrogens (tertiary/aromatic N) is 2. The van der Waals surface area contributed by atoms with Crippen molar-refractivity contribution >= 4 is 11.5 Å². The van der Waals surface area contributed by atoms with E-state index < -0.39 is 0 Å². The van der Waals surface area contributed by atoms with Crippen LogP contribution in [-0.2, 0) is 4.74 Å². The monoisotopic (exact) mass is 234 g/mol. The molecule has 2 heterocycles. The van der Waals surface area contributed by atoms with Crippen LogP contribution in [0.15, 0.2) is 23.2 Å². The van der Waals surface area contributed by atoms with Gasteiger partial charge in [0.1, 0.15) is 29.6 Å². The van der Waals surface area contributed by atoms with Crippen LogP contribution in [0.25, 0.3) is 0 Å². The van der Waals surface area contributed by atoms with Crippen LogP contribution in [0.1, 0.15) is 0 Å². The maximum atomic E-state index is 9.43. The number of fused-ring (bicyclic) bond motifs is 1. The molecule has 2 aliphatic rings. The Balaban J connectivity index is 1.87. The number of amidine groups is 1. The van der Waals surface area contributed by atoms with Crippen molar-refractivity contribution in [3.05, 3.63) is 18.2 Å². The van der Waals surface area contributed by atoms with Gasteiger partial charge < -0.3 is 19.5 Å². The molecule has 0 saturated carbocycles. The molecule has 1 fully saturated rings. The average Bonchev–Trinajstić information content (AvgIpc) is 2.39. The molecule has 1 saturated heterocycles. The highest BCUT2D eigenvalue weighted by molar-refractivity contribution is 5.89. The summed E-state index contributed by atoms with van der Waals surface area (Å²) in [6, 6.07) is 4.97. The largest absolute Gasteiger partial charge is 0.508 e. The second-order valence-corrected chi connectivity index (χ2v) is 4.07. The Morgan fingerprint density at radius 2 is 2.06 bits per heavy atom. The van der Waals surface area contributed by atoms with E-state index in [0.717, 1.165) is 37.9 Å². The number of hydrogen-bond donors (Lipinski definition) is 1. The number of aromatic hydroxyl groups is 1. The molecule has 0 aromatic heterocycles. The minimum Gasteiger partial charge on any atom is -0.508 e. The van der Waals surface area contributed by atoms with E-state index in [1.54, 1.807) is 18.2 Å².